The minimum atomic E-state index is -0.918. The predicted octanol–water partition coefficient (Wildman–Crippen LogP) is 3.33. The fourth-order valence-corrected chi connectivity index (χ4v) is 1.87. The van der Waals surface area contributed by atoms with E-state index in [2.05, 4.69) is 0 Å². The van der Waals surface area contributed by atoms with Gasteiger partial charge in [0.05, 0.1) is 19.1 Å². The molecule has 2 aromatic carbocycles. The van der Waals surface area contributed by atoms with Crippen molar-refractivity contribution in [3.63, 3.8) is 0 Å². The summed E-state index contributed by atoms with van der Waals surface area (Å²) >= 11 is 0. The van der Waals surface area contributed by atoms with Crippen molar-refractivity contribution in [2.45, 2.75) is 6.61 Å². The lowest BCUT2D eigenvalue weighted by Gasteiger charge is -2.10. The number of methoxy groups -OCH3 is 2. The maximum atomic E-state index is 11.6. The van der Waals surface area contributed by atoms with Crippen LogP contribution in [0.2, 0.25) is 0 Å². The molecule has 0 bridgehead atoms. The third-order valence-corrected chi connectivity index (χ3v) is 3.05. The van der Waals surface area contributed by atoms with Gasteiger partial charge in [-0.25, -0.2) is 4.79 Å². The summed E-state index contributed by atoms with van der Waals surface area (Å²) in [5, 5.41) is 10.5. The van der Waals surface area contributed by atoms with E-state index in [4.69, 9.17) is 18.9 Å². The minimum absolute atomic E-state index is 0.0217. The first-order valence-electron chi connectivity index (χ1n) is 6.83. The molecule has 0 heterocycles. The smallest absolute Gasteiger partial charge is 0.493 e. The highest BCUT2D eigenvalue weighted by molar-refractivity contribution is 5.64. The van der Waals surface area contributed by atoms with Crippen LogP contribution in [0.15, 0.2) is 42.5 Å². The summed E-state index contributed by atoms with van der Waals surface area (Å²) in [6.45, 7) is -0.0217. The average Bonchev–Trinajstić information content (AvgIpc) is 2.60. The molecule has 0 aliphatic heterocycles. The molecule has 2 rings (SSSR count). The quantitative estimate of drug-likeness (QED) is 0.346. The second-order valence-electron chi connectivity index (χ2n) is 4.58. The van der Waals surface area contributed by atoms with Crippen molar-refractivity contribution in [3.8, 4) is 17.2 Å². The van der Waals surface area contributed by atoms with E-state index in [9.17, 15) is 14.9 Å². The van der Waals surface area contributed by atoms with E-state index in [1.165, 1.54) is 38.5 Å². The molecule has 0 N–H and O–H groups in total. The zero-order chi connectivity index (χ0) is 17.5. The topological polar surface area (TPSA) is 97.1 Å². The molecule has 0 aromatic heterocycles. The number of benzene rings is 2. The van der Waals surface area contributed by atoms with Crippen LogP contribution in [0.1, 0.15) is 5.56 Å². The van der Waals surface area contributed by atoms with Gasteiger partial charge in [-0.3, -0.25) is 10.1 Å². The molecule has 0 atom stereocenters. The van der Waals surface area contributed by atoms with Gasteiger partial charge in [0.1, 0.15) is 12.4 Å². The largest absolute Gasteiger partial charge is 0.514 e. The Bertz CT molecular complexity index is 728. The lowest BCUT2D eigenvalue weighted by molar-refractivity contribution is -0.384. The van der Waals surface area contributed by atoms with Crippen molar-refractivity contribution in [2.24, 2.45) is 0 Å². The molecule has 0 radical (unpaired) electrons. The molecule has 8 nitrogen and oxygen atoms in total. The molecule has 8 heteroatoms. The summed E-state index contributed by atoms with van der Waals surface area (Å²) in [4.78, 5) is 21.7. The Kier molecular flexibility index (Phi) is 5.56. The monoisotopic (exact) mass is 333 g/mol. The number of nitro benzene ring substituents is 1. The van der Waals surface area contributed by atoms with Crippen LogP contribution < -0.4 is 14.2 Å². The molecule has 126 valence electrons. The summed E-state index contributed by atoms with van der Waals surface area (Å²) in [6, 6.07) is 10.2. The van der Waals surface area contributed by atoms with Gasteiger partial charge >= 0.3 is 6.16 Å². The van der Waals surface area contributed by atoms with Gasteiger partial charge in [0.25, 0.3) is 5.69 Å². The molecule has 2 aromatic rings. The van der Waals surface area contributed by atoms with Crippen LogP contribution in [0.25, 0.3) is 0 Å². The van der Waals surface area contributed by atoms with Crippen LogP contribution in [0.3, 0.4) is 0 Å². The number of carbonyl (C=O) groups excluding carboxylic acids is 1. The van der Waals surface area contributed by atoms with Crippen LogP contribution in [0.4, 0.5) is 10.5 Å². The van der Waals surface area contributed by atoms with E-state index in [1.807, 2.05) is 0 Å². The number of non-ortho nitro benzene ring substituents is 1. The molecule has 0 spiro atoms. The summed E-state index contributed by atoms with van der Waals surface area (Å²) in [7, 11) is 3.03. The molecule has 0 fully saturated rings. The fraction of sp³-hybridized carbons (Fsp3) is 0.188. The van der Waals surface area contributed by atoms with Crippen molar-refractivity contribution < 1.29 is 28.7 Å². The molecular weight excluding hydrogens is 318 g/mol. The first-order valence-corrected chi connectivity index (χ1v) is 6.83. The fourth-order valence-electron chi connectivity index (χ4n) is 1.87. The number of carbonyl (C=O) groups is 1. The maximum absolute atomic E-state index is 11.6. The van der Waals surface area contributed by atoms with Crippen molar-refractivity contribution in [1.29, 1.82) is 0 Å². The zero-order valence-corrected chi connectivity index (χ0v) is 13.1. The van der Waals surface area contributed by atoms with Gasteiger partial charge in [-0.05, 0) is 29.8 Å². The first kappa shape index (κ1) is 17.1. The van der Waals surface area contributed by atoms with Gasteiger partial charge in [0.2, 0.25) is 0 Å². The second-order valence-corrected chi connectivity index (χ2v) is 4.58. The Morgan fingerprint density at radius 2 is 1.71 bits per heavy atom. The maximum Gasteiger partial charge on any atom is 0.514 e. The number of ether oxygens (including phenoxy) is 4. The lowest BCUT2D eigenvalue weighted by atomic mass is 10.2. The van der Waals surface area contributed by atoms with Gasteiger partial charge in [-0.15, -0.1) is 0 Å². The summed E-state index contributed by atoms with van der Waals surface area (Å²) in [5.41, 5.74) is 0.592. The van der Waals surface area contributed by atoms with E-state index in [-0.39, 0.29) is 18.0 Å². The molecule has 0 amide bonds. The normalized spacial score (nSPS) is 9.92. The third kappa shape index (κ3) is 4.35. The molecule has 0 saturated heterocycles. The Hall–Kier alpha value is -3.29. The van der Waals surface area contributed by atoms with Crippen LogP contribution >= 0.6 is 0 Å². The standard InChI is InChI=1S/C16H15NO7/c1-21-14-8-3-11(9-15(14)22-2)10-23-16(18)24-13-6-4-12(5-7-13)17(19)20/h3-9H,10H2,1-2H3. The highest BCUT2D eigenvalue weighted by Gasteiger charge is 2.11. The number of hydrogen-bond acceptors (Lipinski definition) is 7. The van der Waals surface area contributed by atoms with Crippen LogP contribution in [-0.4, -0.2) is 25.3 Å². The Balaban J connectivity index is 1.92. The van der Waals surface area contributed by atoms with Gasteiger partial charge in [0, 0.05) is 12.1 Å². The van der Waals surface area contributed by atoms with E-state index in [0.29, 0.717) is 17.1 Å². The van der Waals surface area contributed by atoms with Crippen molar-refractivity contribution in [2.75, 3.05) is 14.2 Å². The molecule has 24 heavy (non-hydrogen) atoms. The van der Waals surface area contributed by atoms with E-state index >= 15 is 0 Å². The highest BCUT2D eigenvalue weighted by atomic mass is 16.7. The van der Waals surface area contributed by atoms with E-state index in [0.717, 1.165) is 0 Å². The van der Waals surface area contributed by atoms with E-state index < -0.39 is 11.1 Å². The van der Waals surface area contributed by atoms with Crippen molar-refractivity contribution in [1.82, 2.24) is 0 Å². The van der Waals surface area contributed by atoms with Crippen LogP contribution in [0.5, 0.6) is 17.2 Å². The van der Waals surface area contributed by atoms with Gasteiger partial charge in [0.15, 0.2) is 11.5 Å². The van der Waals surface area contributed by atoms with Gasteiger partial charge in [-0.1, -0.05) is 6.07 Å². The molecule has 0 aliphatic carbocycles. The Morgan fingerprint density at radius 1 is 1.04 bits per heavy atom. The SMILES string of the molecule is COc1ccc(COC(=O)Oc2ccc([N+](=O)[O-])cc2)cc1OC. The van der Waals surface area contributed by atoms with Crippen LogP contribution in [-0.2, 0) is 11.3 Å². The van der Waals surface area contributed by atoms with Crippen LogP contribution in [0, 0.1) is 10.1 Å². The molecule has 0 saturated carbocycles. The number of hydrogen-bond donors (Lipinski definition) is 0. The van der Waals surface area contributed by atoms with E-state index in [1.54, 1.807) is 18.2 Å². The third-order valence-electron chi connectivity index (χ3n) is 3.05. The summed E-state index contributed by atoms with van der Waals surface area (Å²) in [5.74, 6) is 1.23. The Morgan fingerprint density at radius 3 is 2.29 bits per heavy atom. The summed E-state index contributed by atoms with van der Waals surface area (Å²) in [6.07, 6.45) is -0.918. The summed E-state index contributed by atoms with van der Waals surface area (Å²) < 4.78 is 20.2. The predicted molar refractivity (Wildman–Crippen MR) is 83.5 cm³/mol. The molecular formula is C16H15NO7. The number of nitrogens with zero attached hydrogens (tertiary/aromatic N) is 1. The minimum Gasteiger partial charge on any atom is -0.493 e. The Labute approximate surface area is 137 Å². The molecule has 0 aliphatic rings. The first-order chi connectivity index (χ1) is 11.5. The van der Waals surface area contributed by atoms with Gasteiger partial charge in [-0.2, -0.15) is 0 Å². The van der Waals surface area contributed by atoms with Crippen molar-refractivity contribution >= 4 is 11.8 Å². The number of nitro groups is 1. The molecule has 0 unspecified atom stereocenters. The lowest BCUT2D eigenvalue weighted by Crippen LogP contribution is -2.10. The zero-order valence-electron chi connectivity index (χ0n) is 13.1. The van der Waals surface area contributed by atoms with Gasteiger partial charge < -0.3 is 18.9 Å². The average molecular weight is 333 g/mol. The van der Waals surface area contributed by atoms with Crippen molar-refractivity contribution in [3.05, 3.63) is 58.1 Å². The number of rotatable bonds is 6. The highest BCUT2D eigenvalue weighted by Crippen LogP contribution is 2.27. The second kappa shape index (κ2) is 7.82.